The van der Waals surface area contributed by atoms with E-state index in [2.05, 4.69) is 253 Å². The van der Waals surface area contributed by atoms with Gasteiger partial charge < -0.3 is 0 Å². The Balaban J connectivity index is 0.000000330. The first-order chi connectivity index (χ1) is 29.3. The molecule has 0 saturated carbocycles. The van der Waals surface area contributed by atoms with Gasteiger partial charge in [0.2, 0.25) is 0 Å². The van der Waals surface area contributed by atoms with Crippen molar-refractivity contribution in [1.29, 1.82) is 0 Å². The summed E-state index contributed by atoms with van der Waals surface area (Å²) in [5.41, 5.74) is 22.9. The summed E-state index contributed by atoms with van der Waals surface area (Å²) in [6, 6.07) is 41.3. The minimum absolute atomic E-state index is 0. The summed E-state index contributed by atoms with van der Waals surface area (Å²) in [5.74, 6) is 3.93. The summed E-state index contributed by atoms with van der Waals surface area (Å²) in [5, 5.41) is 0. The SMILES string of the molecule is CC(C)c1cccc(C(C)C)c1-c1cccc(-c2c(C(C)C)cccc2C(C)C)[c]1[Ge].CC(C)c1cccc(C(C)C)c1-c1cccc(-c2c(C(C)C)cccc2C(C)C)[c]1[Ge].[Li].[Li]. The van der Waals surface area contributed by atoms with Gasteiger partial charge in [-0.3, -0.25) is 0 Å². The molecule has 0 amide bonds. The summed E-state index contributed by atoms with van der Waals surface area (Å²) < 4.78 is 2.79. The fourth-order valence-corrected chi connectivity index (χ4v) is 11.1. The molecule has 0 spiro atoms. The summed E-state index contributed by atoms with van der Waals surface area (Å²) in [6.07, 6.45) is 0. The zero-order valence-corrected chi connectivity index (χ0v) is 47.2. The van der Waals surface area contributed by atoms with Gasteiger partial charge in [-0.05, 0) is 0 Å². The first-order valence-electron chi connectivity index (χ1n) is 23.5. The van der Waals surface area contributed by atoms with Crippen LogP contribution in [0.3, 0.4) is 0 Å². The molecule has 0 saturated heterocycles. The molecule has 64 heavy (non-hydrogen) atoms. The van der Waals surface area contributed by atoms with Crippen molar-refractivity contribution in [1.82, 2.24) is 0 Å². The van der Waals surface area contributed by atoms with Crippen LogP contribution in [0.1, 0.15) is 203 Å². The van der Waals surface area contributed by atoms with Gasteiger partial charge in [-0.15, -0.1) is 0 Å². The molecule has 6 rings (SSSR count). The maximum atomic E-state index is 2.33. The predicted molar refractivity (Wildman–Crippen MR) is 290 cm³/mol. The molecule has 324 valence electrons. The predicted octanol–water partition coefficient (Wildman–Crippen LogP) is 15.9. The van der Waals surface area contributed by atoms with E-state index < -0.39 is 0 Å². The molecular weight excluding hydrogens is 880 g/mol. The summed E-state index contributed by atoms with van der Waals surface area (Å²) >= 11 is 4.65. The number of hydrogen-bond donors (Lipinski definition) is 0. The third-order valence-electron chi connectivity index (χ3n) is 12.7. The Labute approximate surface area is 432 Å². The smallest absolute Gasteiger partial charge is 0 e. The van der Waals surface area contributed by atoms with Gasteiger partial charge in [-0.1, -0.05) is 0 Å². The average molecular weight is 954 g/mol. The van der Waals surface area contributed by atoms with Crippen molar-refractivity contribution in [3.8, 4) is 44.5 Å². The molecule has 4 heteroatoms. The molecule has 0 aromatic heterocycles. The van der Waals surface area contributed by atoms with Gasteiger partial charge in [0.1, 0.15) is 0 Å². The fraction of sp³-hybridized carbons (Fsp3) is 0.400. The van der Waals surface area contributed by atoms with Crippen molar-refractivity contribution in [3.63, 3.8) is 0 Å². The molecule has 0 nitrogen and oxygen atoms in total. The van der Waals surface area contributed by atoms with Crippen LogP contribution < -0.4 is 8.79 Å². The summed E-state index contributed by atoms with van der Waals surface area (Å²) in [7, 11) is 0. The minimum atomic E-state index is 0. The molecule has 0 atom stereocenters. The van der Waals surface area contributed by atoms with Crippen LogP contribution in [-0.4, -0.2) is 70.7 Å². The Morgan fingerprint density at radius 1 is 0.234 bits per heavy atom. The van der Waals surface area contributed by atoms with Crippen LogP contribution in [0.15, 0.2) is 109 Å². The minimum Gasteiger partial charge on any atom is 0 e. The van der Waals surface area contributed by atoms with Crippen LogP contribution in [0.25, 0.3) is 44.5 Å². The molecule has 6 aromatic rings. The van der Waals surface area contributed by atoms with Gasteiger partial charge in [-0.2, -0.15) is 0 Å². The number of benzene rings is 6. The monoisotopic (exact) mass is 956 g/mol. The molecule has 0 unspecified atom stereocenters. The van der Waals surface area contributed by atoms with E-state index in [4.69, 9.17) is 0 Å². The molecule has 0 heterocycles. The zero-order chi connectivity index (χ0) is 45.7. The van der Waals surface area contributed by atoms with Crippen LogP contribution in [0.5, 0.6) is 0 Å². The van der Waals surface area contributed by atoms with Gasteiger partial charge in [0, 0.05) is 37.7 Å². The molecule has 0 aliphatic rings. The van der Waals surface area contributed by atoms with E-state index >= 15 is 0 Å². The molecule has 0 aliphatic carbocycles. The van der Waals surface area contributed by atoms with Gasteiger partial charge in [0.15, 0.2) is 0 Å². The Hall–Kier alpha value is -2.40. The number of rotatable bonds is 12. The van der Waals surface area contributed by atoms with Crippen LogP contribution >= 0.6 is 0 Å². The molecular formula is C60H74Ge2Li2. The second kappa shape index (κ2) is 24.6. The van der Waals surface area contributed by atoms with Crippen molar-refractivity contribution in [2.45, 2.75) is 158 Å². The topological polar surface area (TPSA) is 0 Å². The normalized spacial score (nSPS) is 11.5. The van der Waals surface area contributed by atoms with Gasteiger partial charge in [-0.25, -0.2) is 0 Å². The third kappa shape index (κ3) is 12.2. The first-order valence-corrected chi connectivity index (χ1v) is 25.6. The van der Waals surface area contributed by atoms with E-state index in [9.17, 15) is 0 Å². The maximum absolute atomic E-state index is 2.33. The molecule has 6 aromatic carbocycles. The van der Waals surface area contributed by atoms with E-state index in [0.29, 0.717) is 47.3 Å². The Bertz CT molecular complexity index is 2020. The average Bonchev–Trinajstić information content (AvgIpc) is 3.22. The Kier molecular flexibility index (Phi) is 21.5. The standard InChI is InChI=1S/2C30H37Ge.2Li/c2*1-18(2)22-12-9-13-23(19(3)4)28(22)26-16-11-17-27(30(26)31)29-24(20(5)6)14-10-15-25(29)21(7)8;;/h2*9-21H,1-8H3;;. The van der Waals surface area contributed by atoms with E-state index in [1.54, 1.807) is 0 Å². The quantitative estimate of drug-likeness (QED) is 0.107. The second-order valence-corrected chi connectivity index (χ2v) is 22.0. The summed E-state index contributed by atoms with van der Waals surface area (Å²) in [4.78, 5) is 0. The van der Waals surface area contributed by atoms with Crippen molar-refractivity contribution in [2.24, 2.45) is 0 Å². The molecule has 0 aliphatic heterocycles. The van der Waals surface area contributed by atoms with Crippen LogP contribution in [0.4, 0.5) is 0 Å². The molecule has 0 N–H and O–H groups in total. The number of hydrogen-bond acceptors (Lipinski definition) is 0. The van der Waals surface area contributed by atoms with Crippen molar-refractivity contribution < 1.29 is 0 Å². The summed E-state index contributed by atoms with van der Waals surface area (Å²) in [6.45, 7) is 37.0. The van der Waals surface area contributed by atoms with Crippen molar-refractivity contribution in [3.05, 3.63) is 154 Å². The van der Waals surface area contributed by atoms with E-state index in [0.717, 1.165) is 0 Å². The zero-order valence-electron chi connectivity index (χ0n) is 43.0. The van der Waals surface area contributed by atoms with Crippen LogP contribution in [-0.2, 0) is 0 Å². The van der Waals surface area contributed by atoms with Gasteiger partial charge in [0.25, 0.3) is 0 Å². The van der Waals surface area contributed by atoms with E-state index in [-0.39, 0.29) is 37.7 Å². The van der Waals surface area contributed by atoms with Crippen LogP contribution in [0, 0.1) is 0 Å². The molecule has 0 fully saturated rings. The van der Waals surface area contributed by atoms with Crippen molar-refractivity contribution >= 4 is 79.5 Å². The van der Waals surface area contributed by atoms with Crippen molar-refractivity contribution in [2.75, 3.05) is 0 Å². The second-order valence-electron chi connectivity index (χ2n) is 19.9. The first kappa shape index (κ1) is 55.9. The maximum Gasteiger partial charge on any atom is 0 e. The van der Waals surface area contributed by atoms with Gasteiger partial charge in [0.05, 0.1) is 0 Å². The fourth-order valence-electron chi connectivity index (χ4n) is 9.39. The largest absolute Gasteiger partial charge is 0 e. The van der Waals surface area contributed by atoms with E-state index in [1.807, 2.05) is 0 Å². The van der Waals surface area contributed by atoms with E-state index in [1.165, 1.54) is 97.8 Å². The van der Waals surface area contributed by atoms with Crippen LogP contribution in [0.2, 0.25) is 0 Å². The van der Waals surface area contributed by atoms with Gasteiger partial charge >= 0.3 is 398 Å². The Morgan fingerprint density at radius 3 is 0.484 bits per heavy atom. The Morgan fingerprint density at radius 2 is 0.359 bits per heavy atom. The molecule has 8 radical (unpaired) electrons. The molecule has 0 bridgehead atoms. The third-order valence-corrected chi connectivity index (χ3v) is 15.0.